The minimum absolute atomic E-state index is 0.132. The summed E-state index contributed by atoms with van der Waals surface area (Å²) >= 11 is 12.4. The molecule has 1 aromatic heterocycles. The smallest absolute Gasteiger partial charge is 0.459 e. The number of hydrogen-bond donors (Lipinski definition) is 3. The van der Waals surface area contributed by atoms with E-state index in [2.05, 4.69) is 5.09 Å². The van der Waals surface area contributed by atoms with Gasteiger partial charge in [-0.3, -0.25) is 23.7 Å². The number of benzene rings is 1. The van der Waals surface area contributed by atoms with Crippen molar-refractivity contribution in [3.8, 4) is 5.75 Å². The first-order chi connectivity index (χ1) is 17.2. The number of H-pyrrole nitrogens is 1. The second-order valence-electron chi connectivity index (χ2n) is 8.32. The third kappa shape index (κ3) is 6.99. The zero-order chi connectivity index (χ0) is 27.5. The first kappa shape index (κ1) is 29.3. The van der Waals surface area contributed by atoms with Gasteiger partial charge in [-0.1, -0.05) is 41.4 Å². The van der Waals surface area contributed by atoms with Crippen LogP contribution in [0.3, 0.4) is 0 Å². The molecular formula is C21H25Cl2FN3O9P. The van der Waals surface area contributed by atoms with E-state index in [1.807, 2.05) is 0 Å². The normalized spacial score (nSPS) is 23.4. The molecule has 1 saturated heterocycles. The number of rotatable bonds is 10. The highest BCUT2D eigenvalue weighted by molar-refractivity contribution is 7.52. The van der Waals surface area contributed by atoms with E-state index in [-0.39, 0.29) is 5.75 Å². The summed E-state index contributed by atoms with van der Waals surface area (Å²) in [5.41, 5.74) is -2.38. The van der Waals surface area contributed by atoms with Crippen LogP contribution in [0.15, 0.2) is 46.1 Å². The van der Waals surface area contributed by atoms with E-state index in [1.165, 1.54) is 19.1 Å². The van der Waals surface area contributed by atoms with Gasteiger partial charge in [0.15, 0.2) is 10.6 Å². The van der Waals surface area contributed by atoms with Crippen molar-refractivity contribution >= 4 is 36.9 Å². The molecule has 37 heavy (non-hydrogen) atoms. The number of aliphatic hydroxyl groups excluding tert-OH is 1. The lowest BCUT2D eigenvalue weighted by molar-refractivity contribution is -0.149. The average Bonchev–Trinajstić information content (AvgIpc) is 3.03. The van der Waals surface area contributed by atoms with E-state index in [4.69, 9.17) is 41.7 Å². The van der Waals surface area contributed by atoms with Crippen LogP contribution < -0.4 is 20.9 Å². The van der Waals surface area contributed by atoms with Crippen molar-refractivity contribution in [2.24, 2.45) is 0 Å². The molecule has 0 spiro atoms. The zero-order valence-electron chi connectivity index (χ0n) is 19.8. The highest BCUT2D eigenvalue weighted by atomic mass is 35.5. The number of carbonyl (C=O) groups is 1. The molecule has 3 N–H and O–H groups in total. The fourth-order valence-corrected chi connectivity index (χ4v) is 5.34. The number of aliphatic hydroxyl groups is 1. The summed E-state index contributed by atoms with van der Waals surface area (Å²) in [5.74, 6) is -1.92. The van der Waals surface area contributed by atoms with Crippen LogP contribution in [0.2, 0.25) is 0 Å². The van der Waals surface area contributed by atoms with Crippen molar-refractivity contribution in [3.05, 3.63) is 63.2 Å². The van der Waals surface area contributed by atoms with Crippen LogP contribution in [0.5, 0.6) is 5.75 Å². The number of nitrogens with one attached hydrogen (secondary N) is 2. The summed E-state index contributed by atoms with van der Waals surface area (Å²) in [6, 6.07) is 6.76. The molecule has 1 aliphatic rings. The third-order valence-corrected chi connectivity index (χ3v) is 7.46. The molecule has 0 saturated carbocycles. The molecule has 2 aromatic rings. The maximum atomic E-state index is 13.8. The van der Waals surface area contributed by atoms with Crippen LogP contribution in [-0.4, -0.2) is 55.9 Å². The quantitative estimate of drug-likeness (QED) is 0.215. The molecule has 0 bridgehead atoms. The lowest BCUT2D eigenvalue weighted by atomic mass is 10.2. The van der Waals surface area contributed by atoms with Crippen molar-refractivity contribution in [1.82, 2.24) is 14.6 Å². The standard InChI is InChI=1S/C21H25Cl2FN3O9P/c1-11(2)34-18(30)12(3)26-37(32,36-13-7-5-4-6-8-13)33-10-15-16(28)21(22,23)19(35-15)27-9-14(24)17(29)25-20(27)31/h4-9,11-12,15-16,19,28H,10H2,1-3H3,(H,26,32)(H,25,29,31)/t12-,15-,16-,19-,37-/m1/s1. The summed E-state index contributed by atoms with van der Waals surface area (Å²) in [6.45, 7) is 4.00. The SMILES string of the molecule is CC(C)OC(=O)[C@@H](C)N[P@@](=O)(OC[C@H]1O[C@@H](n2cc(F)c(=O)[nH]c2=O)C(Cl)(Cl)[C@@H]1O)Oc1ccccc1. The van der Waals surface area contributed by atoms with Gasteiger partial charge in [0.05, 0.1) is 18.9 Å². The second-order valence-corrected chi connectivity index (χ2v) is 11.5. The summed E-state index contributed by atoms with van der Waals surface area (Å²) in [5, 5.41) is 13.1. The topological polar surface area (TPSA) is 158 Å². The maximum absolute atomic E-state index is 13.8. The van der Waals surface area contributed by atoms with Gasteiger partial charge in [0, 0.05) is 0 Å². The van der Waals surface area contributed by atoms with Crippen molar-refractivity contribution < 1.29 is 37.4 Å². The van der Waals surface area contributed by atoms with E-state index in [1.54, 1.807) is 37.0 Å². The largest absolute Gasteiger partial charge is 0.462 e. The van der Waals surface area contributed by atoms with Gasteiger partial charge in [-0.05, 0) is 32.9 Å². The number of para-hydroxylation sites is 1. The van der Waals surface area contributed by atoms with Crippen molar-refractivity contribution in [3.63, 3.8) is 0 Å². The molecule has 204 valence electrons. The van der Waals surface area contributed by atoms with Gasteiger partial charge in [0.1, 0.15) is 24.0 Å². The fraction of sp³-hybridized carbons (Fsp3) is 0.476. The van der Waals surface area contributed by atoms with Gasteiger partial charge in [-0.25, -0.2) is 9.36 Å². The van der Waals surface area contributed by atoms with Crippen LogP contribution >= 0.6 is 30.9 Å². The number of ether oxygens (including phenoxy) is 2. The number of aromatic amines is 1. The van der Waals surface area contributed by atoms with Crippen LogP contribution in [0.4, 0.5) is 4.39 Å². The van der Waals surface area contributed by atoms with Crippen LogP contribution in [0, 0.1) is 5.82 Å². The molecule has 0 aliphatic carbocycles. The van der Waals surface area contributed by atoms with Crippen molar-refractivity contribution in [2.45, 2.75) is 55.7 Å². The van der Waals surface area contributed by atoms with E-state index in [0.717, 1.165) is 0 Å². The molecule has 0 unspecified atom stereocenters. The lowest BCUT2D eigenvalue weighted by Gasteiger charge is -2.25. The number of alkyl halides is 2. The van der Waals surface area contributed by atoms with Crippen molar-refractivity contribution in [2.75, 3.05) is 6.61 Å². The molecule has 0 radical (unpaired) electrons. The highest BCUT2D eigenvalue weighted by Crippen LogP contribution is 2.49. The Kier molecular flexibility index (Phi) is 9.23. The number of halogens is 3. The predicted molar refractivity (Wildman–Crippen MR) is 130 cm³/mol. The summed E-state index contributed by atoms with van der Waals surface area (Å²) in [4.78, 5) is 37.5. The third-order valence-electron chi connectivity index (χ3n) is 4.99. The molecular weight excluding hydrogens is 559 g/mol. The van der Waals surface area contributed by atoms with E-state index < -0.39 is 72.3 Å². The summed E-state index contributed by atoms with van der Waals surface area (Å²) in [7, 11) is -4.34. The van der Waals surface area contributed by atoms with Gasteiger partial charge < -0.3 is 19.1 Å². The number of esters is 1. The molecule has 0 amide bonds. The zero-order valence-corrected chi connectivity index (χ0v) is 22.2. The Balaban J connectivity index is 1.82. The number of carbonyl (C=O) groups excluding carboxylic acids is 1. The van der Waals surface area contributed by atoms with Gasteiger partial charge in [-0.15, -0.1) is 0 Å². The predicted octanol–water partition coefficient (Wildman–Crippen LogP) is 2.24. The van der Waals surface area contributed by atoms with Crippen molar-refractivity contribution in [1.29, 1.82) is 0 Å². The maximum Gasteiger partial charge on any atom is 0.459 e. The van der Waals surface area contributed by atoms with E-state index in [0.29, 0.717) is 10.8 Å². The second kappa shape index (κ2) is 11.6. The lowest BCUT2D eigenvalue weighted by Crippen LogP contribution is -2.42. The Bertz CT molecular complexity index is 1270. The summed E-state index contributed by atoms with van der Waals surface area (Å²) < 4.78 is 47.3. The van der Waals surface area contributed by atoms with Gasteiger partial charge >= 0.3 is 19.4 Å². The van der Waals surface area contributed by atoms with Crippen LogP contribution in [0.25, 0.3) is 0 Å². The van der Waals surface area contributed by atoms with E-state index >= 15 is 0 Å². The molecule has 1 fully saturated rings. The van der Waals surface area contributed by atoms with Gasteiger partial charge in [0.2, 0.25) is 5.82 Å². The molecule has 1 aliphatic heterocycles. The molecule has 5 atom stereocenters. The van der Waals surface area contributed by atoms with Crippen LogP contribution in [-0.2, 0) is 23.4 Å². The Labute approximate surface area is 220 Å². The average molecular weight is 584 g/mol. The molecule has 16 heteroatoms. The Morgan fingerprint density at radius 3 is 2.57 bits per heavy atom. The molecule has 12 nitrogen and oxygen atoms in total. The van der Waals surface area contributed by atoms with E-state index in [9.17, 15) is 28.4 Å². The van der Waals surface area contributed by atoms with Gasteiger partial charge in [-0.2, -0.15) is 9.48 Å². The van der Waals surface area contributed by atoms with Crippen LogP contribution in [0.1, 0.15) is 27.0 Å². The Morgan fingerprint density at radius 2 is 1.95 bits per heavy atom. The molecule has 3 rings (SSSR count). The minimum atomic E-state index is -4.34. The van der Waals surface area contributed by atoms with Gasteiger partial charge in [0.25, 0.3) is 5.56 Å². The monoisotopic (exact) mass is 583 g/mol. The minimum Gasteiger partial charge on any atom is -0.462 e. The first-order valence-corrected chi connectivity index (χ1v) is 13.2. The first-order valence-electron chi connectivity index (χ1n) is 10.9. The highest BCUT2D eigenvalue weighted by Gasteiger charge is 2.56. The number of aromatic nitrogens is 2. The number of nitrogens with zero attached hydrogens (tertiary/aromatic N) is 1. The number of hydrogen-bond acceptors (Lipinski definition) is 9. The molecule has 2 heterocycles. The Morgan fingerprint density at radius 1 is 1.30 bits per heavy atom. The summed E-state index contributed by atoms with van der Waals surface area (Å²) in [6.07, 6.45) is -4.73. The Hall–Kier alpha value is -2.25. The fourth-order valence-electron chi connectivity index (χ4n) is 3.25. The molecule has 1 aromatic carbocycles.